The normalized spacial score (nSPS) is 28.1. The average Bonchev–Trinajstić information content (AvgIpc) is 2.60. The Morgan fingerprint density at radius 1 is 1.15 bits per heavy atom. The van der Waals surface area contributed by atoms with Crippen molar-refractivity contribution in [2.45, 2.75) is 50.4 Å². The first-order valence-electron chi connectivity index (χ1n) is 9.36. The highest BCUT2D eigenvalue weighted by atomic mass is 19.4. The first-order valence-corrected chi connectivity index (χ1v) is 9.36. The molecule has 3 N–H and O–H groups in total. The van der Waals surface area contributed by atoms with Gasteiger partial charge in [-0.1, -0.05) is 24.6 Å². The zero-order valence-corrected chi connectivity index (χ0v) is 14.8. The Kier molecular flexibility index (Phi) is 4.58. The number of hydrogen-bond acceptors (Lipinski definition) is 3. The number of nitrogens with zero attached hydrogens (tertiary/aromatic N) is 1. The molecule has 2 saturated carbocycles. The molecule has 144 valence electrons. The fraction of sp³-hybridized carbons (Fsp3) is 0.500. The molecule has 7 heteroatoms. The lowest BCUT2D eigenvalue weighted by atomic mass is 9.67. The number of nitrogens with two attached hydrogens (primary N) is 1. The number of fused-ring (bicyclic) bond motifs is 3. The number of carbonyl (C=O) groups excluding carboxylic acids is 1. The van der Waals surface area contributed by atoms with E-state index in [0.29, 0.717) is 0 Å². The average molecular weight is 377 g/mol. The lowest BCUT2D eigenvalue weighted by Crippen LogP contribution is -2.53. The Hall–Kier alpha value is -2.15. The molecule has 0 radical (unpaired) electrons. The zero-order valence-electron chi connectivity index (χ0n) is 14.8. The summed E-state index contributed by atoms with van der Waals surface area (Å²) in [5.74, 6) is -0.226. The summed E-state index contributed by atoms with van der Waals surface area (Å²) in [6.45, 7) is 0. The number of hydrogen-bond donors (Lipinski definition) is 2. The van der Waals surface area contributed by atoms with Crippen LogP contribution in [0, 0.1) is 11.8 Å². The van der Waals surface area contributed by atoms with Crippen LogP contribution >= 0.6 is 0 Å². The molecule has 2 bridgehead atoms. The van der Waals surface area contributed by atoms with Crippen molar-refractivity contribution >= 4 is 16.8 Å². The molecule has 27 heavy (non-hydrogen) atoms. The quantitative estimate of drug-likeness (QED) is 0.834. The third-order valence-electron chi connectivity index (χ3n) is 5.98. The molecule has 1 aromatic heterocycles. The first kappa shape index (κ1) is 18.2. The topological polar surface area (TPSA) is 68.0 Å². The van der Waals surface area contributed by atoms with Crippen LogP contribution in [0.15, 0.2) is 30.5 Å². The Morgan fingerprint density at radius 2 is 1.81 bits per heavy atom. The molecule has 2 aliphatic rings. The van der Waals surface area contributed by atoms with Crippen molar-refractivity contribution in [1.29, 1.82) is 0 Å². The number of nitrogens with one attached hydrogen (secondary N) is 1. The molecular weight excluding hydrogens is 355 g/mol. The van der Waals surface area contributed by atoms with Crippen LogP contribution in [0.5, 0.6) is 0 Å². The van der Waals surface area contributed by atoms with Gasteiger partial charge >= 0.3 is 6.18 Å². The molecule has 1 amide bonds. The van der Waals surface area contributed by atoms with Gasteiger partial charge < -0.3 is 11.1 Å². The van der Waals surface area contributed by atoms with Crippen LogP contribution in [0.4, 0.5) is 13.2 Å². The maximum atomic E-state index is 13.8. The second-order valence-electron chi connectivity index (χ2n) is 7.74. The third kappa shape index (κ3) is 3.40. The number of amides is 1. The van der Waals surface area contributed by atoms with Gasteiger partial charge in [-0.05, 0) is 43.6 Å². The third-order valence-corrected chi connectivity index (χ3v) is 5.98. The van der Waals surface area contributed by atoms with Crippen LogP contribution in [0.1, 0.15) is 48.0 Å². The van der Waals surface area contributed by atoms with Gasteiger partial charge in [0.1, 0.15) is 0 Å². The summed E-state index contributed by atoms with van der Waals surface area (Å²) in [6.07, 6.45) is 1.02. The minimum atomic E-state index is -4.64. The Morgan fingerprint density at radius 3 is 2.48 bits per heavy atom. The van der Waals surface area contributed by atoms with E-state index in [4.69, 9.17) is 5.73 Å². The van der Waals surface area contributed by atoms with Gasteiger partial charge in [0, 0.05) is 23.7 Å². The van der Waals surface area contributed by atoms with E-state index in [2.05, 4.69) is 10.3 Å². The van der Waals surface area contributed by atoms with Gasteiger partial charge in [0.25, 0.3) is 5.91 Å². The molecule has 2 aromatic rings. The molecule has 4 nitrogen and oxygen atoms in total. The molecule has 2 aliphatic carbocycles. The predicted molar refractivity (Wildman–Crippen MR) is 96.0 cm³/mol. The van der Waals surface area contributed by atoms with E-state index >= 15 is 0 Å². The standard InChI is InChI=1S/C20H22F3N3O/c21-20(22,23)17-14-6-1-2-7-16(14)25-10-15(17)19(27)26-18-11-4-3-5-12(18)9-13(24)8-11/h1-2,6-7,10-13,18H,3-5,8-9,24H2,(H,26,27). The molecule has 0 aliphatic heterocycles. The summed E-state index contributed by atoms with van der Waals surface area (Å²) in [6, 6.07) is 6.02. The van der Waals surface area contributed by atoms with E-state index in [1.165, 1.54) is 18.2 Å². The summed E-state index contributed by atoms with van der Waals surface area (Å²) in [4.78, 5) is 16.9. The van der Waals surface area contributed by atoms with Gasteiger partial charge in [-0.25, -0.2) is 0 Å². The summed E-state index contributed by atoms with van der Waals surface area (Å²) in [5, 5.41) is 2.85. The minimum Gasteiger partial charge on any atom is -0.349 e. The summed E-state index contributed by atoms with van der Waals surface area (Å²) in [5.41, 5.74) is 5.00. The van der Waals surface area contributed by atoms with Crippen molar-refractivity contribution in [1.82, 2.24) is 10.3 Å². The molecule has 0 spiro atoms. The summed E-state index contributed by atoms with van der Waals surface area (Å²) >= 11 is 0. The van der Waals surface area contributed by atoms with E-state index < -0.39 is 23.2 Å². The molecule has 2 fully saturated rings. The Labute approximate surface area is 155 Å². The van der Waals surface area contributed by atoms with Crippen LogP contribution in [0.25, 0.3) is 10.9 Å². The maximum Gasteiger partial charge on any atom is 0.417 e. The number of aromatic nitrogens is 1. The van der Waals surface area contributed by atoms with Gasteiger partial charge in [-0.3, -0.25) is 9.78 Å². The minimum absolute atomic E-state index is 0.0523. The lowest BCUT2D eigenvalue weighted by Gasteiger charge is -2.45. The zero-order chi connectivity index (χ0) is 19.2. The van der Waals surface area contributed by atoms with E-state index in [0.717, 1.165) is 38.3 Å². The number of halogens is 3. The molecule has 2 atom stereocenters. The van der Waals surface area contributed by atoms with E-state index in [9.17, 15) is 18.0 Å². The van der Waals surface area contributed by atoms with Crippen molar-refractivity contribution in [3.8, 4) is 0 Å². The maximum absolute atomic E-state index is 13.8. The highest BCUT2D eigenvalue weighted by Crippen LogP contribution is 2.41. The second-order valence-corrected chi connectivity index (χ2v) is 7.74. The molecule has 1 heterocycles. The molecule has 1 aromatic carbocycles. The monoisotopic (exact) mass is 377 g/mol. The first-order chi connectivity index (χ1) is 12.8. The van der Waals surface area contributed by atoms with Crippen LogP contribution in [0.2, 0.25) is 0 Å². The van der Waals surface area contributed by atoms with E-state index in [1.54, 1.807) is 6.07 Å². The van der Waals surface area contributed by atoms with Gasteiger partial charge in [0.15, 0.2) is 0 Å². The highest BCUT2D eigenvalue weighted by Gasteiger charge is 2.42. The number of alkyl halides is 3. The van der Waals surface area contributed by atoms with Gasteiger partial charge in [-0.2, -0.15) is 13.2 Å². The van der Waals surface area contributed by atoms with Gasteiger partial charge in [0.2, 0.25) is 0 Å². The number of benzene rings is 1. The highest BCUT2D eigenvalue weighted by molar-refractivity contribution is 6.00. The lowest BCUT2D eigenvalue weighted by molar-refractivity contribution is -0.136. The fourth-order valence-corrected chi connectivity index (χ4v) is 4.87. The van der Waals surface area contributed by atoms with Crippen LogP contribution < -0.4 is 11.1 Å². The molecule has 4 rings (SSSR count). The van der Waals surface area contributed by atoms with Crippen molar-refractivity contribution in [3.05, 3.63) is 41.6 Å². The van der Waals surface area contributed by atoms with Crippen LogP contribution in [-0.4, -0.2) is 23.0 Å². The van der Waals surface area contributed by atoms with Gasteiger partial charge in [-0.15, -0.1) is 0 Å². The van der Waals surface area contributed by atoms with E-state index in [1.807, 2.05) is 0 Å². The van der Waals surface area contributed by atoms with Crippen molar-refractivity contribution in [2.24, 2.45) is 17.6 Å². The number of para-hydroxylation sites is 1. The largest absolute Gasteiger partial charge is 0.417 e. The van der Waals surface area contributed by atoms with Crippen LogP contribution in [0.3, 0.4) is 0 Å². The molecule has 0 saturated heterocycles. The number of pyridine rings is 1. The predicted octanol–water partition coefficient (Wildman–Crippen LogP) is 3.89. The van der Waals surface area contributed by atoms with Crippen molar-refractivity contribution in [3.63, 3.8) is 0 Å². The summed E-state index contributed by atoms with van der Waals surface area (Å²) in [7, 11) is 0. The Bertz CT molecular complexity index is 853. The Balaban J connectivity index is 1.69. The molecule has 2 unspecified atom stereocenters. The molecular formula is C20H22F3N3O. The second kappa shape index (κ2) is 6.78. The number of carbonyl (C=O) groups is 1. The smallest absolute Gasteiger partial charge is 0.349 e. The van der Waals surface area contributed by atoms with Gasteiger partial charge in [0.05, 0.1) is 16.6 Å². The SMILES string of the molecule is NC1CC2CCCC(C1)C2NC(=O)c1cnc2ccccc2c1C(F)(F)F. The summed E-state index contributed by atoms with van der Waals surface area (Å²) < 4.78 is 41.3. The van der Waals surface area contributed by atoms with Crippen molar-refractivity contribution < 1.29 is 18.0 Å². The van der Waals surface area contributed by atoms with E-state index in [-0.39, 0.29) is 34.8 Å². The fourth-order valence-electron chi connectivity index (χ4n) is 4.87. The number of rotatable bonds is 2. The van der Waals surface area contributed by atoms with Crippen molar-refractivity contribution in [2.75, 3.05) is 0 Å². The van der Waals surface area contributed by atoms with Crippen LogP contribution in [-0.2, 0) is 6.18 Å².